The number of carbonyl (C=O) groups excluding carboxylic acids is 1. The van der Waals surface area contributed by atoms with Gasteiger partial charge in [-0.3, -0.25) is 9.59 Å². The van der Waals surface area contributed by atoms with E-state index in [1.807, 2.05) is 13.8 Å². The second-order valence-corrected chi connectivity index (χ2v) is 5.72. The Morgan fingerprint density at radius 1 is 1.26 bits per heavy atom. The Labute approximate surface area is 116 Å². The summed E-state index contributed by atoms with van der Waals surface area (Å²) in [4.78, 5) is 24.6. The van der Waals surface area contributed by atoms with E-state index in [9.17, 15) is 9.59 Å². The van der Waals surface area contributed by atoms with Gasteiger partial charge in [-0.15, -0.1) is 0 Å². The molecule has 3 N–H and O–H groups in total. The molecule has 3 atom stereocenters. The van der Waals surface area contributed by atoms with E-state index in [0.29, 0.717) is 12.3 Å². The normalized spacial score (nSPS) is 15.9. The molecule has 0 spiro atoms. The van der Waals surface area contributed by atoms with Gasteiger partial charge >= 0.3 is 5.97 Å². The van der Waals surface area contributed by atoms with E-state index in [-0.39, 0.29) is 24.3 Å². The molecule has 0 aromatic heterocycles. The second kappa shape index (κ2) is 8.15. The number of likely N-dealkylation sites (N-methyl/N-ethyl adjacent to an activating group) is 1. The van der Waals surface area contributed by atoms with E-state index in [0.717, 1.165) is 6.42 Å². The van der Waals surface area contributed by atoms with Crippen LogP contribution in [0.2, 0.25) is 0 Å². The van der Waals surface area contributed by atoms with Gasteiger partial charge in [0.05, 0.1) is 12.5 Å². The molecule has 0 aliphatic rings. The van der Waals surface area contributed by atoms with Gasteiger partial charge in [0.1, 0.15) is 0 Å². The maximum Gasteiger partial charge on any atom is 0.305 e. The lowest BCUT2D eigenvalue weighted by Gasteiger charge is -2.32. The summed E-state index contributed by atoms with van der Waals surface area (Å²) in [7, 11) is 1.65. The summed E-state index contributed by atoms with van der Waals surface area (Å²) in [5.74, 6) is -0.630. The van der Waals surface area contributed by atoms with Gasteiger partial charge in [0.25, 0.3) is 0 Å². The molecule has 0 saturated heterocycles. The van der Waals surface area contributed by atoms with E-state index in [4.69, 9.17) is 10.8 Å². The van der Waals surface area contributed by atoms with E-state index in [1.54, 1.807) is 7.05 Å². The van der Waals surface area contributed by atoms with Crippen molar-refractivity contribution in [3.63, 3.8) is 0 Å². The van der Waals surface area contributed by atoms with Crippen LogP contribution in [0.5, 0.6) is 0 Å². The number of carbonyl (C=O) groups is 2. The van der Waals surface area contributed by atoms with Crippen LogP contribution in [0.25, 0.3) is 0 Å². The third kappa shape index (κ3) is 6.05. The van der Waals surface area contributed by atoms with Crippen molar-refractivity contribution >= 4 is 11.9 Å². The Morgan fingerprint density at radius 3 is 2.16 bits per heavy atom. The second-order valence-electron chi connectivity index (χ2n) is 5.72. The van der Waals surface area contributed by atoms with Crippen LogP contribution in [-0.2, 0) is 9.59 Å². The highest BCUT2D eigenvalue weighted by Crippen LogP contribution is 2.18. The SMILES string of the molecule is CCC(C)CC(CC(=O)O)N(C)C(=O)C(N)C(C)C. The Balaban J connectivity index is 4.83. The molecular weight excluding hydrogens is 244 g/mol. The lowest BCUT2D eigenvalue weighted by molar-refractivity contribution is -0.141. The number of carboxylic acid groups (broad SMARTS) is 1. The molecule has 5 nitrogen and oxygen atoms in total. The Morgan fingerprint density at radius 2 is 1.79 bits per heavy atom. The van der Waals surface area contributed by atoms with Crippen molar-refractivity contribution in [2.45, 2.75) is 59.0 Å². The Bertz CT molecular complexity index is 305. The van der Waals surface area contributed by atoms with Gasteiger partial charge in [-0.25, -0.2) is 0 Å². The number of hydrogen-bond donors (Lipinski definition) is 2. The van der Waals surface area contributed by atoms with Crippen LogP contribution in [-0.4, -0.2) is 41.0 Å². The third-order valence-corrected chi connectivity index (χ3v) is 3.68. The van der Waals surface area contributed by atoms with Crippen molar-refractivity contribution in [1.82, 2.24) is 4.90 Å². The van der Waals surface area contributed by atoms with Crippen LogP contribution in [0.15, 0.2) is 0 Å². The number of nitrogens with zero attached hydrogens (tertiary/aromatic N) is 1. The van der Waals surface area contributed by atoms with Gasteiger partial charge in [-0.2, -0.15) is 0 Å². The quantitative estimate of drug-likeness (QED) is 0.704. The molecule has 0 heterocycles. The first-order valence-electron chi connectivity index (χ1n) is 6.94. The van der Waals surface area contributed by atoms with E-state index < -0.39 is 12.0 Å². The van der Waals surface area contributed by atoms with Crippen LogP contribution in [0.4, 0.5) is 0 Å². The molecular formula is C14H28N2O3. The lowest BCUT2D eigenvalue weighted by atomic mass is 9.95. The summed E-state index contributed by atoms with van der Waals surface area (Å²) in [6.45, 7) is 7.90. The molecule has 0 fully saturated rings. The molecule has 0 rings (SSSR count). The lowest BCUT2D eigenvalue weighted by Crippen LogP contribution is -2.49. The van der Waals surface area contributed by atoms with Gasteiger partial charge in [-0.05, 0) is 18.3 Å². The monoisotopic (exact) mass is 272 g/mol. The first-order valence-corrected chi connectivity index (χ1v) is 6.94. The maximum absolute atomic E-state index is 12.2. The first-order chi connectivity index (χ1) is 8.70. The van der Waals surface area contributed by atoms with Crippen molar-refractivity contribution in [1.29, 1.82) is 0 Å². The molecule has 0 saturated carbocycles. The molecule has 0 aromatic carbocycles. The van der Waals surface area contributed by atoms with E-state index >= 15 is 0 Å². The fourth-order valence-corrected chi connectivity index (χ4v) is 1.91. The first kappa shape index (κ1) is 17.9. The van der Waals surface area contributed by atoms with Crippen LogP contribution < -0.4 is 5.73 Å². The Hall–Kier alpha value is -1.10. The third-order valence-electron chi connectivity index (χ3n) is 3.68. The van der Waals surface area contributed by atoms with Crippen LogP contribution in [0.1, 0.15) is 47.0 Å². The highest BCUT2D eigenvalue weighted by atomic mass is 16.4. The van der Waals surface area contributed by atoms with E-state index in [2.05, 4.69) is 13.8 Å². The minimum Gasteiger partial charge on any atom is -0.481 e. The molecule has 0 aliphatic heterocycles. The summed E-state index contributed by atoms with van der Waals surface area (Å²) in [6, 6.07) is -0.858. The number of amides is 1. The average molecular weight is 272 g/mol. The molecule has 19 heavy (non-hydrogen) atoms. The van der Waals surface area contributed by atoms with Gasteiger partial charge in [0.15, 0.2) is 0 Å². The summed E-state index contributed by atoms with van der Waals surface area (Å²) in [6.07, 6.45) is 1.63. The smallest absolute Gasteiger partial charge is 0.305 e. The highest BCUT2D eigenvalue weighted by molar-refractivity contribution is 5.82. The van der Waals surface area contributed by atoms with E-state index in [1.165, 1.54) is 4.90 Å². The molecule has 3 unspecified atom stereocenters. The number of hydrogen-bond acceptors (Lipinski definition) is 3. The summed E-state index contributed by atoms with van der Waals surface area (Å²) < 4.78 is 0. The van der Waals surface area contributed by atoms with Crippen LogP contribution in [0, 0.1) is 11.8 Å². The van der Waals surface area contributed by atoms with Crippen LogP contribution >= 0.6 is 0 Å². The molecule has 0 aromatic rings. The fourth-order valence-electron chi connectivity index (χ4n) is 1.91. The zero-order valence-corrected chi connectivity index (χ0v) is 12.7. The largest absolute Gasteiger partial charge is 0.481 e. The van der Waals surface area contributed by atoms with Crippen molar-refractivity contribution in [3.05, 3.63) is 0 Å². The molecule has 1 amide bonds. The molecule has 112 valence electrons. The number of carboxylic acids is 1. The van der Waals surface area contributed by atoms with Gasteiger partial charge in [0.2, 0.25) is 5.91 Å². The van der Waals surface area contributed by atoms with Crippen molar-refractivity contribution in [2.24, 2.45) is 17.6 Å². The number of nitrogens with two attached hydrogens (primary N) is 1. The molecule has 5 heteroatoms. The summed E-state index contributed by atoms with van der Waals surface area (Å²) in [5.41, 5.74) is 5.85. The van der Waals surface area contributed by atoms with Gasteiger partial charge < -0.3 is 15.7 Å². The standard InChI is InChI=1S/C14H28N2O3/c1-6-10(4)7-11(8-12(17)18)16(5)14(19)13(15)9(2)3/h9-11,13H,6-8,15H2,1-5H3,(H,17,18). The molecule has 0 bridgehead atoms. The highest BCUT2D eigenvalue weighted by Gasteiger charge is 2.28. The van der Waals surface area contributed by atoms with Crippen molar-refractivity contribution in [3.8, 4) is 0 Å². The maximum atomic E-state index is 12.2. The van der Waals surface area contributed by atoms with Crippen molar-refractivity contribution in [2.75, 3.05) is 7.05 Å². The minimum absolute atomic E-state index is 0.0304. The van der Waals surface area contributed by atoms with Gasteiger partial charge in [0, 0.05) is 13.1 Å². The van der Waals surface area contributed by atoms with Gasteiger partial charge in [-0.1, -0.05) is 34.1 Å². The number of aliphatic carboxylic acids is 1. The predicted octanol–water partition coefficient (Wildman–Crippen LogP) is 1.71. The fraction of sp³-hybridized carbons (Fsp3) is 0.857. The van der Waals surface area contributed by atoms with Crippen molar-refractivity contribution < 1.29 is 14.7 Å². The number of rotatable bonds is 8. The zero-order valence-electron chi connectivity index (χ0n) is 12.7. The Kier molecular flexibility index (Phi) is 7.68. The van der Waals surface area contributed by atoms with Crippen LogP contribution in [0.3, 0.4) is 0 Å². The zero-order chi connectivity index (χ0) is 15.2. The summed E-state index contributed by atoms with van der Waals surface area (Å²) in [5, 5.41) is 8.98. The molecule has 0 radical (unpaired) electrons. The minimum atomic E-state index is -0.883. The summed E-state index contributed by atoms with van der Waals surface area (Å²) >= 11 is 0. The average Bonchev–Trinajstić information content (AvgIpc) is 2.34. The topological polar surface area (TPSA) is 83.6 Å². The predicted molar refractivity (Wildman–Crippen MR) is 75.7 cm³/mol. The molecule has 0 aliphatic carbocycles.